The van der Waals surface area contributed by atoms with E-state index < -0.39 is 0 Å². The fourth-order valence-corrected chi connectivity index (χ4v) is 3.06. The highest BCUT2D eigenvalue weighted by molar-refractivity contribution is 6.31. The zero-order chi connectivity index (χ0) is 14.5. The number of nitrogens with one attached hydrogen (secondary N) is 2. The lowest BCUT2D eigenvalue weighted by atomic mass is 10.1. The van der Waals surface area contributed by atoms with Crippen LogP contribution in [0, 0.1) is 11.8 Å². The van der Waals surface area contributed by atoms with Crippen LogP contribution in [-0.4, -0.2) is 19.0 Å². The molecule has 1 aliphatic rings. The first-order valence-corrected chi connectivity index (χ1v) is 7.79. The van der Waals surface area contributed by atoms with Crippen molar-refractivity contribution in [1.29, 1.82) is 0 Å². The molecule has 1 aliphatic carbocycles. The van der Waals surface area contributed by atoms with Crippen LogP contribution in [0.3, 0.4) is 0 Å². The van der Waals surface area contributed by atoms with Gasteiger partial charge in [-0.1, -0.05) is 24.9 Å². The number of halogens is 1. The van der Waals surface area contributed by atoms with Gasteiger partial charge in [0.15, 0.2) is 0 Å². The monoisotopic (exact) mass is 294 g/mol. The van der Waals surface area contributed by atoms with E-state index in [-0.39, 0.29) is 5.91 Å². The van der Waals surface area contributed by atoms with Gasteiger partial charge in [0.2, 0.25) is 0 Å². The van der Waals surface area contributed by atoms with Crippen LogP contribution < -0.4 is 10.6 Å². The van der Waals surface area contributed by atoms with E-state index in [2.05, 4.69) is 17.6 Å². The first kappa shape index (κ1) is 15.2. The zero-order valence-corrected chi connectivity index (χ0v) is 13.0. The molecule has 3 nitrogen and oxygen atoms in total. The SMILES string of the molecule is CCNc1ccc(Cl)cc1C(=O)NCC1CCC(C)C1. The lowest BCUT2D eigenvalue weighted by Gasteiger charge is -2.14. The third-order valence-corrected chi connectivity index (χ3v) is 4.18. The van der Waals surface area contributed by atoms with Crippen LogP contribution in [0.25, 0.3) is 0 Å². The van der Waals surface area contributed by atoms with Crippen LogP contribution in [0.15, 0.2) is 18.2 Å². The van der Waals surface area contributed by atoms with Crippen molar-refractivity contribution >= 4 is 23.2 Å². The van der Waals surface area contributed by atoms with Gasteiger partial charge >= 0.3 is 0 Å². The molecule has 0 aromatic heterocycles. The third kappa shape index (κ3) is 3.89. The van der Waals surface area contributed by atoms with Crippen molar-refractivity contribution < 1.29 is 4.79 Å². The summed E-state index contributed by atoms with van der Waals surface area (Å²) in [6.45, 7) is 5.83. The molecular formula is C16H23ClN2O. The summed E-state index contributed by atoms with van der Waals surface area (Å²) in [6.07, 6.45) is 3.72. The maximum absolute atomic E-state index is 12.3. The van der Waals surface area contributed by atoms with Crippen LogP contribution in [0.2, 0.25) is 5.02 Å². The number of carbonyl (C=O) groups excluding carboxylic acids is 1. The number of benzene rings is 1. The Morgan fingerprint density at radius 2 is 2.20 bits per heavy atom. The van der Waals surface area contributed by atoms with Crippen molar-refractivity contribution in [2.24, 2.45) is 11.8 Å². The standard InChI is InChI=1S/C16H23ClN2O/c1-3-18-15-7-6-13(17)9-14(15)16(20)19-10-12-5-4-11(2)8-12/h6-7,9,11-12,18H,3-5,8,10H2,1-2H3,(H,19,20). The molecule has 110 valence electrons. The maximum atomic E-state index is 12.3. The average Bonchev–Trinajstić information content (AvgIpc) is 2.84. The Kier molecular flexibility index (Phi) is 5.30. The molecule has 2 unspecified atom stereocenters. The predicted octanol–water partition coefficient (Wildman–Crippen LogP) is 3.94. The van der Waals surface area contributed by atoms with E-state index in [1.807, 2.05) is 13.0 Å². The quantitative estimate of drug-likeness (QED) is 0.864. The molecule has 20 heavy (non-hydrogen) atoms. The summed E-state index contributed by atoms with van der Waals surface area (Å²) >= 11 is 6.00. The summed E-state index contributed by atoms with van der Waals surface area (Å²) in [5, 5.41) is 6.84. The van der Waals surface area contributed by atoms with Gasteiger partial charge in [0.25, 0.3) is 5.91 Å². The van der Waals surface area contributed by atoms with Crippen molar-refractivity contribution in [2.45, 2.75) is 33.1 Å². The Bertz CT molecular complexity index is 476. The van der Waals surface area contributed by atoms with E-state index in [4.69, 9.17) is 11.6 Å². The van der Waals surface area contributed by atoms with Crippen molar-refractivity contribution in [2.75, 3.05) is 18.4 Å². The molecule has 0 spiro atoms. The molecule has 1 fully saturated rings. The highest BCUT2D eigenvalue weighted by atomic mass is 35.5. The predicted molar refractivity (Wildman–Crippen MR) is 84.5 cm³/mol. The molecule has 2 rings (SSSR count). The largest absolute Gasteiger partial charge is 0.385 e. The van der Waals surface area contributed by atoms with Crippen LogP contribution in [0.4, 0.5) is 5.69 Å². The molecule has 1 aromatic rings. The molecule has 1 amide bonds. The second-order valence-electron chi connectivity index (χ2n) is 5.71. The van der Waals surface area contributed by atoms with Crippen molar-refractivity contribution in [3.63, 3.8) is 0 Å². The van der Waals surface area contributed by atoms with E-state index in [1.165, 1.54) is 19.3 Å². The highest BCUT2D eigenvalue weighted by Crippen LogP contribution is 2.29. The number of carbonyl (C=O) groups is 1. The van der Waals surface area contributed by atoms with Crippen LogP contribution in [-0.2, 0) is 0 Å². The van der Waals surface area contributed by atoms with Gasteiger partial charge in [0, 0.05) is 23.8 Å². The smallest absolute Gasteiger partial charge is 0.253 e. The normalized spacial score (nSPS) is 21.8. The van der Waals surface area contributed by atoms with E-state index in [0.29, 0.717) is 16.5 Å². The Morgan fingerprint density at radius 3 is 2.85 bits per heavy atom. The minimum atomic E-state index is -0.0389. The second kappa shape index (κ2) is 6.98. The van der Waals surface area contributed by atoms with Gasteiger partial charge in [-0.15, -0.1) is 0 Å². The fourth-order valence-electron chi connectivity index (χ4n) is 2.89. The van der Waals surface area contributed by atoms with Crippen LogP contribution >= 0.6 is 11.6 Å². The number of amides is 1. The summed E-state index contributed by atoms with van der Waals surface area (Å²) < 4.78 is 0. The number of hydrogen-bond acceptors (Lipinski definition) is 2. The Balaban J connectivity index is 1.99. The zero-order valence-electron chi connectivity index (χ0n) is 12.2. The Hall–Kier alpha value is -1.22. The van der Waals surface area contributed by atoms with Gasteiger partial charge in [0.05, 0.1) is 5.56 Å². The molecule has 0 heterocycles. The van der Waals surface area contributed by atoms with Crippen molar-refractivity contribution in [3.05, 3.63) is 28.8 Å². The lowest BCUT2D eigenvalue weighted by molar-refractivity contribution is 0.0948. The maximum Gasteiger partial charge on any atom is 0.253 e. The molecule has 2 atom stereocenters. The number of anilines is 1. The minimum absolute atomic E-state index is 0.0389. The molecule has 0 bridgehead atoms. The van der Waals surface area contributed by atoms with E-state index in [0.717, 1.165) is 24.7 Å². The first-order chi connectivity index (χ1) is 9.60. The lowest BCUT2D eigenvalue weighted by Crippen LogP contribution is -2.29. The molecule has 0 aliphatic heterocycles. The topological polar surface area (TPSA) is 41.1 Å². The molecule has 0 radical (unpaired) electrons. The first-order valence-electron chi connectivity index (χ1n) is 7.41. The Labute approximate surface area is 126 Å². The summed E-state index contributed by atoms with van der Waals surface area (Å²) in [7, 11) is 0. The van der Waals surface area contributed by atoms with Crippen LogP contribution in [0.5, 0.6) is 0 Å². The van der Waals surface area contributed by atoms with E-state index >= 15 is 0 Å². The highest BCUT2D eigenvalue weighted by Gasteiger charge is 2.22. The molecular weight excluding hydrogens is 272 g/mol. The summed E-state index contributed by atoms with van der Waals surface area (Å²) in [6, 6.07) is 5.39. The molecule has 4 heteroatoms. The Morgan fingerprint density at radius 1 is 1.40 bits per heavy atom. The van der Waals surface area contributed by atoms with Gasteiger partial charge < -0.3 is 10.6 Å². The minimum Gasteiger partial charge on any atom is -0.385 e. The summed E-state index contributed by atoms with van der Waals surface area (Å²) in [5.74, 6) is 1.37. The van der Waals surface area contributed by atoms with Gasteiger partial charge in [-0.3, -0.25) is 4.79 Å². The average molecular weight is 295 g/mol. The fraction of sp³-hybridized carbons (Fsp3) is 0.562. The van der Waals surface area contributed by atoms with E-state index in [9.17, 15) is 4.79 Å². The molecule has 1 saturated carbocycles. The van der Waals surface area contributed by atoms with Crippen molar-refractivity contribution in [1.82, 2.24) is 5.32 Å². The molecule has 1 aromatic carbocycles. The van der Waals surface area contributed by atoms with Crippen molar-refractivity contribution in [3.8, 4) is 0 Å². The van der Waals surface area contributed by atoms with E-state index in [1.54, 1.807) is 12.1 Å². The summed E-state index contributed by atoms with van der Waals surface area (Å²) in [4.78, 5) is 12.3. The van der Waals surface area contributed by atoms with Crippen LogP contribution in [0.1, 0.15) is 43.5 Å². The summed E-state index contributed by atoms with van der Waals surface area (Å²) in [5.41, 5.74) is 1.47. The van der Waals surface area contributed by atoms with Gasteiger partial charge in [-0.25, -0.2) is 0 Å². The van der Waals surface area contributed by atoms with Gasteiger partial charge in [0.1, 0.15) is 0 Å². The third-order valence-electron chi connectivity index (χ3n) is 3.95. The van der Waals surface area contributed by atoms with Gasteiger partial charge in [-0.2, -0.15) is 0 Å². The number of hydrogen-bond donors (Lipinski definition) is 2. The molecule has 0 saturated heterocycles. The second-order valence-corrected chi connectivity index (χ2v) is 6.15. The molecule has 2 N–H and O–H groups in total. The number of rotatable bonds is 5. The van der Waals surface area contributed by atoms with Gasteiger partial charge in [-0.05, 0) is 49.8 Å².